The zero-order valence-electron chi connectivity index (χ0n) is 17.0. The molecule has 0 fully saturated rings. The number of likely N-dealkylation sites (N-methyl/N-ethyl adjacent to an activating group) is 1. The van der Waals surface area contributed by atoms with Crippen LogP contribution < -0.4 is 5.32 Å². The summed E-state index contributed by atoms with van der Waals surface area (Å²) in [6.45, 7) is 4.40. The van der Waals surface area contributed by atoms with Crippen molar-refractivity contribution in [2.45, 2.75) is 38.6 Å². The average molecular weight is 471 g/mol. The first-order chi connectivity index (χ1) is 14.4. The summed E-state index contributed by atoms with van der Waals surface area (Å²) in [4.78, 5) is 27.2. The molecule has 162 valence electrons. The van der Waals surface area contributed by atoms with Gasteiger partial charge in [-0.05, 0) is 42.7 Å². The van der Waals surface area contributed by atoms with E-state index in [2.05, 4.69) is 5.32 Å². The number of carbonyl (C=O) groups is 2. The predicted octanol–water partition coefficient (Wildman–Crippen LogP) is 5.31. The highest BCUT2D eigenvalue weighted by Gasteiger charge is 2.28. The first-order valence-corrected chi connectivity index (χ1v) is 11.6. The molecule has 8 heteroatoms. The fourth-order valence-electron chi connectivity index (χ4n) is 2.99. The number of amides is 2. The van der Waals surface area contributed by atoms with E-state index in [9.17, 15) is 14.0 Å². The smallest absolute Gasteiger partial charge is 0.242 e. The molecule has 0 aliphatic heterocycles. The van der Waals surface area contributed by atoms with Crippen LogP contribution in [0.1, 0.15) is 31.4 Å². The molecule has 2 aromatic rings. The molecular formula is C22H25Cl2FN2O2S. The van der Waals surface area contributed by atoms with Crippen LogP contribution in [0.25, 0.3) is 0 Å². The van der Waals surface area contributed by atoms with E-state index in [1.165, 1.54) is 17.8 Å². The van der Waals surface area contributed by atoms with Crippen LogP contribution in [-0.4, -0.2) is 35.1 Å². The maximum Gasteiger partial charge on any atom is 0.242 e. The van der Waals surface area contributed by atoms with Crippen molar-refractivity contribution in [3.05, 3.63) is 69.5 Å². The summed E-state index contributed by atoms with van der Waals surface area (Å²) in [7, 11) is 0. The van der Waals surface area contributed by atoms with Gasteiger partial charge in [-0.2, -0.15) is 0 Å². The lowest BCUT2D eigenvalue weighted by atomic mass is 10.1. The van der Waals surface area contributed by atoms with E-state index in [1.807, 2.05) is 13.8 Å². The number of nitrogens with one attached hydrogen (secondary N) is 1. The van der Waals surface area contributed by atoms with Crippen LogP contribution in [-0.2, 0) is 21.9 Å². The summed E-state index contributed by atoms with van der Waals surface area (Å²) in [6.07, 6.45) is 0.469. The van der Waals surface area contributed by atoms with E-state index in [0.29, 0.717) is 34.3 Å². The summed E-state index contributed by atoms with van der Waals surface area (Å²) in [5.41, 5.74) is 1.32. The van der Waals surface area contributed by atoms with Crippen LogP contribution in [0.15, 0.2) is 42.5 Å². The standard InChI is InChI=1S/C22H25Cl2FN2O2S/c1-3-20(22(29)26-4-2)27(12-15-9-10-17(23)18(24)11-15)21(28)14-30-13-16-7-5-6-8-19(16)25/h5-11,20H,3-4,12-14H2,1-2H3,(H,26,29)/t20-/m0/s1. The zero-order valence-corrected chi connectivity index (χ0v) is 19.3. The lowest BCUT2D eigenvalue weighted by Gasteiger charge is -2.30. The van der Waals surface area contributed by atoms with Crippen LogP contribution >= 0.6 is 35.0 Å². The number of halogens is 3. The fourth-order valence-corrected chi connectivity index (χ4v) is 4.21. The van der Waals surface area contributed by atoms with Gasteiger partial charge in [0.1, 0.15) is 11.9 Å². The molecule has 0 heterocycles. The monoisotopic (exact) mass is 470 g/mol. The largest absolute Gasteiger partial charge is 0.355 e. The second-order valence-corrected chi connectivity index (χ2v) is 8.47. The molecule has 0 aromatic heterocycles. The van der Waals surface area contributed by atoms with Gasteiger partial charge in [0.25, 0.3) is 0 Å². The van der Waals surface area contributed by atoms with E-state index in [0.717, 1.165) is 5.56 Å². The molecule has 2 amide bonds. The van der Waals surface area contributed by atoms with Crippen molar-refractivity contribution in [2.75, 3.05) is 12.3 Å². The SMILES string of the molecule is CCNC(=O)[C@H](CC)N(Cc1ccc(Cl)c(Cl)c1)C(=O)CSCc1ccccc1F. The number of hydrogen-bond acceptors (Lipinski definition) is 3. The first kappa shape index (κ1) is 24.5. The summed E-state index contributed by atoms with van der Waals surface area (Å²) in [5, 5.41) is 3.61. The minimum Gasteiger partial charge on any atom is -0.355 e. The Morgan fingerprint density at radius 1 is 1.13 bits per heavy atom. The molecule has 0 bridgehead atoms. The van der Waals surface area contributed by atoms with Gasteiger partial charge in [-0.1, -0.05) is 54.4 Å². The van der Waals surface area contributed by atoms with Crippen LogP contribution in [0.5, 0.6) is 0 Å². The second kappa shape index (κ2) is 12.2. The number of nitrogens with zero attached hydrogens (tertiary/aromatic N) is 1. The van der Waals surface area contributed by atoms with Gasteiger partial charge in [-0.15, -0.1) is 11.8 Å². The number of rotatable bonds is 10. The molecule has 0 saturated heterocycles. The van der Waals surface area contributed by atoms with Crippen molar-refractivity contribution >= 4 is 46.8 Å². The molecule has 0 radical (unpaired) electrons. The molecule has 0 aliphatic rings. The van der Waals surface area contributed by atoms with Gasteiger partial charge in [0.05, 0.1) is 15.8 Å². The third-order valence-corrected chi connectivity index (χ3v) is 6.22. The molecule has 1 atom stereocenters. The van der Waals surface area contributed by atoms with Gasteiger partial charge in [0, 0.05) is 18.8 Å². The number of hydrogen-bond donors (Lipinski definition) is 1. The Morgan fingerprint density at radius 2 is 1.87 bits per heavy atom. The molecule has 2 aromatic carbocycles. The molecule has 0 saturated carbocycles. The zero-order chi connectivity index (χ0) is 22.1. The van der Waals surface area contributed by atoms with Gasteiger partial charge in [-0.3, -0.25) is 9.59 Å². The average Bonchev–Trinajstić information content (AvgIpc) is 2.72. The summed E-state index contributed by atoms with van der Waals surface area (Å²) in [6, 6.07) is 11.0. The molecule has 2 rings (SSSR count). The van der Waals surface area contributed by atoms with E-state index in [-0.39, 0.29) is 29.9 Å². The van der Waals surface area contributed by atoms with Crippen LogP contribution in [0.2, 0.25) is 10.0 Å². The maximum atomic E-state index is 13.8. The quantitative estimate of drug-likeness (QED) is 0.511. The van der Waals surface area contributed by atoms with Crippen molar-refractivity contribution in [3.63, 3.8) is 0 Å². The van der Waals surface area contributed by atoms with Gasteiger partial charge in [0.2, 0.25) is 11.8 Å². The highest BCUT2D eigenvalue weighted by Crippen LogP contribution is 2.24. The van der Waals surface area contributed by atoms with Crippen molar-refractivity contribution in [2.24, 2.45) is 0 Å². The van der Waals surface area contributed by atoms with E-state index < -0.39 is 6.04 Å². The van der Waals surface area contributed by atoms with E-state index in [4.69, 9.17) is 23.2 Å². The normalized spacial score (nSPS) is 11.8. The minimum absolute atomic E-state index is 0.131. The fraction of sp³-hybridized carbons (Fsp3) is 0.364. The Hall–Kier alpha value is -1.76. The molecule has 0 unspecified atom stereocenters. The highest BCUT2D eigenvalue weighted by atomic mass is 35.5. The Labute approximate surface area is 191 Å². The van der Waals surface area contributed by atoms with Crippen LogP contribution in [0.4, 0.5) is 4.39 Å². The maximum absolute atomic E-state index is 13.8. The highest BCUT2D eigenvalue weighted by molar-refractivity contribution is 7.99. The Balaban J connectivity index is 2.15. The van der Waals surface area contributed by atoms with E-state index >= 15 is 0 Å². The Bertz CT molecular complexity index is 882. The lowest BCUT2D eigenvalue weighted by molar-refractivity contribution is -0.139. The van der Waals surface area contributed by atoms with Crippen LogP contribution in [0, 0.1) is 5.82 Å². The van der Waals surface area contributed by atoms with Crippen molar-refractivity contribution in [3.8, 4) is 0 Å². The third-order valence-electron chi connectivity index (χ3n) is 4.51. The summed E-state index contributed by atoms with van der Waals surface area (Å²) >= 11 is 13.4. The number of thioether (sulfide) groups is 1. The molecular weight excluding hydrogens is 446 g/mol. The van der Waals surface area contributed by atoms with Crippen molar-refractivity contribution < 1.29 is 14.0 Å². The third kappa shape index (κ3) is 6.89. The number of carbonyl (C=O) groups excluding carboxylic acids is 2. The molecule has 1 N–H and O–H groups in total. The Kier molecular flexibility index (Phi) is 9.95. The lowest BCUT2D eigenvalue weighted by Crippen LogP contribution is -2.49. The number of benzene rings is 2. The van der Waals surface area contributed by atoms with E-state index in [1.54, 1.807) is 41.3 Å². The van der Waals surface area contributed by atoms with Crippen LogP contribution in [0.3, 0.4) is 0 Å². The van der Waals surface area contributed by atoms with Gasteiger partial charge in [0.15, 0.2) is 0 Å². The van der Waals surface area contributed by atoms with Crippen molar-refractivity contribution in [1.82, 2.24) is 10.2 Å². The molecule has 0 aliphatic carbocycles. The minimum atomic E-state index is -0.610. The summed E-state index contributed by atoms with van der Waals surface area (Å²) in [5.74, 6) is -0.186. The van der Waals surface area contributed by atoms with Gasteiger partial charge < -0.3 is 10.2 Å². The molecule has 30 heavy (non-hydrogen) atoms. The Morgan fingerprint density at radius 3 is 2.50 bits per heavy atom. The first-order valence-electron chi connectivity index (χ1n) is 9.69. The second-order valence-electron chi connectivity index (χ2n) is 6.67. The topological polar surface area (TPSA) is 49.4 Å². The molecule has 4 nitrogen and oxygen atoms in total. The van der Waals surface area contributed by atoms with Gasteiger partial charge >= 0.3 is 0 Å². The van der Waals surface area contributed by atoms with Crippen molar-refractivity contribution in [1.29, 1.82) is 0 Å². The van der Waals surface area contributed by atoms with Gasteiger partial charge in [-0.25, -0.2) is 4.39 Å². The predicted molar refractivity (Wildman–Crippen MR) is 122 cm³/mol. The molecule has 0 spiro atoms. The summed E-state index contributed by atoms with van der Waals surface area (Å²) < 4.78 is 13.8.